The molecule has 0 amide bonds. The van der Waals surface area contributed by atoms with E-state index in [9.17, 15) is 0 Å². The highest BCUT2D eigenvalue weighted by Crippen LogP contribution is 2.11. The Morgan fingerprint density at radius 3 is 2.76 bits per heavy atom. The molecule has 0 spiro atoms. The van der Waals surface area contributed by atoms with Crippen molar-refractivity contribution in [3.63, 3.8) is 0 Å². The van der Waals surface area contributed by atoms with E-state index in [2.05, 4.69) is 45.1 Å². The molecule has 0 aliphatic carbocycles. The molecule has 1 N–H and O–H groups in total. The molecule has 2 aromatic heterocycles. The lowest BCUT2D eigenvalue weighted by molar-refractivity contribution is 0.328. The second-order valence-electron chi connectivity index (χ2n) is 5.50. The van der Waals surface area contributed by atoms with Crippen LogP contribution in [0.3, 0.4) is 0 Å². The largest absolute Gasteiger partial charge is 0.342 e. The first-order chi connectivity index (χ1) is 10.2. The number of aryl methyl sites for hydroxylation is 1. The fraction of sp³-hybridized carbons (Fsp3) is 0.294. The van der Waals surface area contributed by atoms with Crippen molar-refractivity contribution in [2.24, 2.45) is 0 Å². The number of hydrogen-bond donors (Lipinski definition) is 1. The molecule has 4 heteroatoms. The van der Waals surface area contributed by atoms with Gasteiger partial charge in [0.2, 0.25) is 0 Å². The molecule has 108 valence electrons. The van der Waals surface area contributed by atoms with Crippen LogP contribution in [0, 0.1) is 6.92 Å². The number of para-hydroxylation sites is 2. The third kappa shape index (κ3) is 3.47. The van der Waals surface area contributed by atoms with Crippen molar-refractivity contribution in [1.82, 2.24) is 19.9 Å². The minimum atomic E-state index is 0.910. The van der Waals surface area contributed by atoms with Gasteiger partial charge in [0.1, 0.15) is 5.82 Å². The van der Waals surface area contributed by atoms with Gasteiger partial charge in [0.15, 0.2) is 0 Å². The van der Waals surface area contributed by atoms with Crippen LogP contribution in [-0.4, -0.2) is 33.4 Å². The molecule has 0 bridgehead atoms. The molecule has 1 aromatic carbocycles. The van der Waals surface area contributed by atoms with E-state index in [-0.39, 0.29) is 0 Å². The summed E-state index contributed by atoms with van der Waals surface area (Å²) >= 11 is 0. The van der Waals surface area contributed by atoms with Gasteiger partial charge in [-0.3, -0.25) is 4.98 Å². The Balaban J connectivity index is 1.57. The van der Waals surface area contributed by atoms with Gasteiger partial charge >= 0.3 is 0 Å². The summed E-state index contributed by atoms with van der Waals surface area (Å²) in [7, 11) is 2.13. The minimum Gasteiger partial charge on any atom is -0.342 e. The highest BCUT2D eigenvalue weighted by Gasteiger charge is 2.05. The van der Waals surface area contributed by atoms with Crippen LogP contribution in [0.1, 0.15) is 17.1 Å². The van der Waals surface area contributed by atoms with Crippen molar-refractivity contribution >= 4 is 11.0 Å². The maximum atomic E-state index is 4.61. The average molecular weight is 280 g/mol. The van der Waals surface area contributed by atoms with Crippen molar-refractivity contribution in [3.8, 4) is 0 Å². The third-order valence-electron chi connectivity index (χ3n) is 3.59. The number of imidazole rings is 1. The van der Waals surface area contributed by atoms with E-state index in [0.717, 1.165) is 42.1 Å². The molecule has 0 atom stereocenters. The molecular formula is C17H20N4. The molecule has 0 saturated heterocycles. The predicted octanol–water partition coefficient (Wildman–Crippen LogP) is 2.94. The number of aromatic nitrogens is 3. The van der Waals surface area contributed by atoms with Gasteiger partial charge in [-0.2, -0.15) is 0 Å². The minimum absolute atomic E-state index is 0.910. The molecule has 0 aliphatic rings. The fourth-order valence-corrected chi connectivity index (χ4v) is 2.40. The number of nitrogens with zero attached hydrogens (tertiary/aromatic N) is 3. The lowest BCUT2D eigenvalue weighted by Gasteiger charge is -2.15. The molecular weight excluding hydrogens is 260 g/mol. The zero-order valence-corrected chi connectivity index (χ0v) is 12.5. The second kappa shape index (κ2) is 6.06. The zero-order chi connectivity index (χ0) is 14.7. The molecule has 0 fully saturated rings. The molecule has 21 heavy (non-hydrogen) atoms. The molecule has 0 unspecified atom stereocenters. The van der Waals surface area contributed by atoms with Gasteiger partial charge in [-0.05, 0) is 37.7 Å². The van der Waals surface area contributed by atoms with Crippen LogP contribution in [0.5, 0.6) is 0 Å². The standard InChI is InChI=1S/C17H20N4/c1-13-7-8-14(11-18-13)12-21(2)10-9-17-19-15-5-3-4-6-16(15)20-17/h3-8,11H,9-10,12H2,1-2H3,(H,19,20). The summed E-state index contributed by atoms with van der Waals surface area (Å²) in [5.74, 6) is 1.05. The van der Waals surface area contributed by atoms with Crippen LogP contribution < -0.4 is 0 Å². The summed E-state index contributed by atoms with van der Waals surface area (Å²) in [6.07, 6.45) is 2.87. The van der Waals surface area contributed by atoms with E-state index in [1.165, 1.54) is 5.56 Å². The van der Waals surface area contributed by atoms with Gasteiger partial charge in [0, 0.05) is 31.4 Å². The first-order valence-corrected chi connectivity index (χ1v) is 7.24. The Morgan fingerprint density at radius 2 is 2.00 bits per heavy atom. The average Bonchev–Trinajstić information content (AvgIpc) is 2.90. The topological polar surface area (TPSA) is 44.8 Å². The SMILES string of the molecule is Cc1ccc(CN(C)CCc2nc3ccccc3[nH]2)cn1. The van der Waals surface area contributed by atoms with Crippen molar-refractivity contribution in [2.75, 3.05) is 13.6 Å². The lowest BCUT2D eigenvalue weighted by atomic mass is 10.2. The number of rotatable bonds is 5. The second-order valence-corrected chi connectivity index (χ2v) is 5.50. The Labute approximate surface area is 124 Å². The predicted molar refractivity (Wildman–Crippen MR) is 85.1 cm³/mol. The van der Waals surface area contributed by atoms with Gasteiger partial charge in [-0.15, -0.1) is 0 Å². The Morgan fingerprint density at radius 1 is 1.14 bits per heavy atom. The van der Waals surface area contributed by atoms with Gasteiger partial charge in [0.05, 0.1) is 11.0 Å². The fourth-order valence-electron chi connectivity index (χ4n) is 2.40. The van der Waals surface area contributed by atoms with E-state index in [0.29, 0.717) is 0 Å². The van der Waals surface area contributed by atoms with Crippen LogP contribution in [0.15, 0.2) is 42.6 Å². The van der Waals surface area contributed by atoms with E-state index in [1.54, 1.807) is 0 Å². The van der Waals surface area contributed by atoms with Crippen LogP contribution in [0.4, 0.5) is 0 Å². The molecule has 0 radical (unpaired) electrons. The van der Waals surface area contributed by atoms with E-state index in [4.69, 9.17) is 0 Å². The number of likely N-dealkylation sites (N-methyl/N-ethyl adjacent to an activating group) is 1. The maximum absolute atomic E-state index is 4.61. The number of nitrogens with one attached hydrogen (secondary N) is 1. The normalized spacial score (nSPS) is 11.4. The van der Waals surface area contributed by atoms with Gasteiger partial charge < -0.3 is 9.88 Å². The lowest BCUT2D eigenvalue weighted by Crippen LogP contribution is -2.21. The Bertz CT molecular complexity index is 682. The first kappa shape index (κ1) is 13.8. The Hall–Kier alpha value is -2.20. The van der Waals surface area contributed by atoms with E-state index in [1.807, 2.05) is 31.3 Å². The smallest absolute Gasteiger partial charge is 0.108 e. The van der Waals surface area contributed by atoms with Crippen LogP contribution in [0.25, 0.3) is 11.0 Å². The summed E-state index contributed by atoms with van der Waals surface area (Å²) in [5.41, 5.74) is 4.45. The molecule has 0 aliphatic heterocycles. The molecule has 3 rings (SSSR count). The quantitative estimate of drug-likeness (QED) is 0.781. The van der Waals surface area contributed by atoms with E-state index >= 15 is 0 Å². The van der Waals surface area contributed by atoms with Crippen molar-refractivity contribution in [1.29, 1.82) is 0 Å². The van der Waals surface area contributed by atoms with Crippen LogP contribution in [0.2, 0.25) is 0 Å². The number of aromatic amines is 1. The highest BCUT2D eigenvalue weighted by atomic mass is 15.1. The van der Waals surface area contributed by atoms with Crippen molar-refractivity contribution < 1.29 is 0 Å². The Kier molecular flexibility index (Phi) is 3.97. The summed E-state index contributed by atoms with van der Waals surface area (Å²) in [6.45, 7) is 3.89. The number of hydrogen-bond acceptors (Lipinski definition) is 3. The zero-order valence-electron chi connectivity index (χ0n) is 12.5. The van der Waals surface area contributed by atoms with Crippen molar-refractivity contribution in [3.05, 3.63) is 59.7 Å². The van der Waals surface area contributed by atoms with E-state index < -0.39 is 0 Å². The number of fused-ring (bicyclic) bond motifs is 1. The highest BCUT2D eigenvalue weighted by molar-refractivity contribution is 5.74. The van der Waals surface area contributed by atoms with Gasteiger partial charge in [-0.1, -0.05) is 18.2 Å². The summed E-state index contributed by atoms with van der Waals surface area (Å²) < 4.78 is 0. The van der Waals surface area contributed by atoms with Crippen LogP contribution >= 0.6 is 0 Å². The van der Waals surface area contributed by atoms with Crippen molar-refractivity contribution in [2.45, 2.75) is 19.9 Å². The molecule has 3 aromatic rings. The summed E-state index contributed by atoms with van der Waals surface area (Å²) in [5, 5.41) is 0. The summed E-state index contributed by atoms with van der Waals surface area (Å²) in [6, 6.07) is 12.3. The third-order valence-corrected chi connectivity index (χ3v) is 3.59. The monoisotopic (exact) mass is 280 g/mol. The number of benzene rings is 1. The van der Waals surface area contributed by atoms with Gasteiger partial charge in [0.25, 0.3) is 0 Å². The number of pyridine rings is 1. The summed E-state index contributed by atoms with van der Waals surface area (Å²) in [4.78, 5) is 14.6. The molecule has 0 saturated carbocycles. The number of H-pyrrole nitrogens is 1. The van der Waals surface area contributed by atoms with Crippen LogP contribution in [-0.2, 0) is 13.0 Å². The van der Waals surface area contributed by atoms with Gasteiger partial charge in [-0.25, -0.2) is 4.98 Å². The molecule has 4 nitrogen and oxygen atoms in total. The molecule has 2 heterocycles. The maximum Gasteiger partial charge on any atom is 0.108 e. The first-order valence-electron chi connectivity index (χ1n) is 7.24.